The fourth-order valence-electron chi connectivity index (χ4n) is 1.12. The van der Waals surface area contributed by atoms with Gasteiger partial charge < -0.3 is 0 Å². The minimum absolute atomic E-state index is 0.787. The molecule has 1 aliphatic rings. The van der Waals surface area contributed by atoms with E-state index in [0.717, 1.165) is 23.5 Å². The van der Waals surface area contributed by atoms with Gasteiger partial charge in [-0.1, -0.05) is 6.58 Å². The Morgan fingerprint density at radius 1 is 1.45 bits per heavy atom. The van der Waals surface area contributed by atoms with Gasteiger partial charge in [0, 0.05) is 18.2 Å². The molecule has 1 aromatic heterocycles. The Hall–Kier alpha value is -1.51. The van der Waals surface area contributed by atoms with Gasteiger partial charge in [0.25, 0.3) is 0 Å². The summed E-state index contributed by atoms with van der Waals surface area (Å²) in [6, 6.07) is 0. The van der Waals surface area contributed by atoms with E-state index in [4.69, 9.17) is 0 Å². The molecule has 0 unspecified atom stereocenters. The zero-order chi connectivity index (χ0) is 7.68. The van der Waals surface area contributed by atoms with Crippen molar-refractivity contribution in [3.63, 3.8) is 0 Å². The van der Waals surface area contributed by atoms with Crippen LogP contribution < -0.4 is 0 Å². The van der Waals surface area contributed by atoms with Gasteiger partial charge >= 0.3 is 0 Å². The summed E-state index contributed by atoms with van der Waals surface area (Å²) >= 11 is 0. The summed E-state index contributed by atoms with van der Waals surface area (Å²) in [5.74, 6) is 0.787. The van der Waals surface area contributed by atoms with Gasteiger partial charge in [-0.3, -0.25) is 0 Å². The van der Waals surface area contributed by atoms with Gasteiger partial charge in [0.2, 0.25) is 0 Å². The molecule has 3 heteroatoms. The molecular weight excluding hydrogens is 138 g/mol. The van der Waals surface area contributed by atoms with Gasteiger partial charge in [-0.05, 0) is 6.08 Å². The zero-order valence-electron chi connectivity index (χ0n) is 5.99. The third kappa shape index (κ3) is 0.852. The second-order valence-electron chi connectivity index (χ2n) is 2.28. The van der Waals surface area contributed by atoms with Gasteiger partial charge in [0.15, 0.2) is 5.82 Å². The number of nitrogens with zero attached hydrogens (tertiary/aromatic N) is 3. The molecule has 1 aromatic rings. The van der Waals surface area contributed by atoms with Crippen molar-refractivity contribution in [3.8, 4) is 0 Å². The fourth-order valence-corrected chi connectivity index (χ4v) is 1.12. The third-order valence-electron chi connectivity index (χ3n) is 1.66. The van der Waals surface area contributed by atoms with Crippen molar-refractivity contribution >= 4 is 18.1 Å². The van der Waals surface area contributed by atoms with Crippen LogP contribution in [0.5, 0.6) is 0 Å². The summed E-state index contributed by atoms with van der Waals surface area (Å²) in [5.41, 5.74) is 1.98. The van der Waals surface area contributed by atoms with Gasteiger partial charge in [0.05, 0.1) is 5.69 Å². The van der Waals surface area contributed by atoms with Crippen molar-refractivity contribution in [2.45, 2.75) is 6.42 Å². The lowest BCUT2D eigenvalue weighted by molar-refractivity contribution is 1.11. The zero-order valence-corrected chi connectivity index (χ0v) is 5.99. The number of rotatable bonds is 1. The second kappa shape index (κ2) is 2.27. The molecule has 0 saturated carbocycles. The first-order valence-electron chi connectivity index (χ1n) is 3.40. The molecule has 0 atom stereocenters. The number of aromatic nitrogens is 2. The lowest BCUT2D eigenvalue weighted by atomic mass is 10.2. The van der Waals surface area contributed by atoms with E-state index in [1.165, 1.54) is 6.33 Å². The predicted molar refractivity (Wildman–Crippen MR) is 44.0 cm³/mol. The highest BCUT2D eigenvalue weighted by atomic mass is 15.0. The lowest BCUT2D eigenvalue weighted by Gasteiger charge is -1.98. The summed E-state index contributed by atoms with van der Waals surface area (Å²) in [6.45, 7) is 3.66. The van der Waals surface area contributed by atoms with Gasteiger partial charge in [-0.15, -0.1) is 0 Å². The summed E-state index contributed by atoms with van der Waals surface area (Å²) in [6.07, 6.45) is 5.91. The molecule has 3 nitrogen and oxygen atoms in total. The van der Waals surface area contributed by atoms with Crippen LogP contribution in [-0.2, 0) is 6.42 Å². The molecule has 2 heterocycles. The highest BCUT2D eigenvalue weighted by molar-refractivity contribution is 5.76. The van der Waals surface area contributed by atoms with Gasteiger partial charge in [-0.2, -0.15) is 0 Å². The summed E-state index contributed by atoms with van der Waals surface area (Å²) < 4.78 is 0. The van der Waals surface area contributed by atoms with Crippen molar-refractivity contribution in [2.24, 2.45) is 4.99 Å². The molecule has 0 fully saturated rings. The van der Waals surface area contributed by atoms with E-state index >= 15 is 0 Å². The van der Waals surface area contributed by atoms with Crippen LogP contribution in [0.25, 0.3) is 6.08 Å². The first kappa shape index (κ1) is 6.22. The summed E-state index contributed by atoms with van der Waals surface area (Å²) in [4.78, 5) is 12.2. The van der Waals surface area contributed by atoms with E-state index < -0.39 is 0 Å². The molecule has 54 valence electrons. The van der Waals surface area contributed by atoms with E-state index in [0.29, 0.717) is 0 Å². The Balaban J connectivity index is 2.63. The third-order valence-corrected chi connectivity index (χ3v) is 1.66. The molecular formula is C8H7N3. The van der Waals surface area contributed by atoms with E-state index in [2.05, 4.69) is 21.5 Å². The van der Waals surface area contributed by atoms with Crippen LogP contribution in [0.3, 0.4) is 0 Å². The number of aliphatic imine (C=N–C) groups is 1. The minimum atomic E-state index is 0.787. The predicted octanol–water partition coefficient (Wildman–Crippen LogP) is 1.38. The van der Waals surface area contributed by atoms with Gasteiger partial charge in [-0.25, -0.2) is 15.0 Å². The van der Waals surface area contributed by atoms with E-state index in [1.807, 2.05) is 6.21 Å². The highest BCUT2D eigenvalue weighted by Crippen LogP contribution is 2.22. The number of fused-ring (bicyclic) bond motifs is 1. The molecule has 2 rings (SSSR count). The Bertz CT molecular complexity index is 328. The van der Waals surface area contributed by atoms with Gasteiger partial charge in [0.1, 0.15) is 6.33 Å². The highest BCUT2D eigenvalue weighted by Gasteiger charge is 2.10. The first-order valence-corrected chi connectivity index (χ1v) is 3.40. The lowest BCUT2D eigenvalue weighted by Crippen LogP contribution is -1.90. The van der Waals surface area contributed by atoms with E-state index in [9.17, 15) is 0 Å². The Morgan fingerprint density at radius 2 is 2.36 bits per heavy atom. The van der Waals surface area contributed by atoms with E-state index in [1.54, 1.807) is 6.08 Å². The maximum Gasteiger partial charge on any atom is 0.159 e. The van der Waals surface area contributed by atoms with Crippen LogP contribution in [0, 0.1) is 0 Å². The summed E-state index contributed by atoms with van der Waals surface area (Å²) in [7, 11) is 0. The van der Waals surface area contributed by atoms with E-state index in [-0.39, 0.29) is 0 Å². The first-order chi connectivity index (χ1) is 5.42. The molecule has 0 aromatic carbocycles. The monoisotopic (exact) mass is 145 g/mol. The summed E-state index contributed by atoms with van der Waals surface area (Å²) in [5, 5.41) is 0. The van der Waals surface area contributed by atoms with Crippen LogP contribution in [0.4, 0.5) is 5.82 Å². The maximum absolute atomic E-state index is 4.08. The smallest absolute Gasteiger partial charge is 0.159 e. The van der Waals surface area contributed by atoms with Crippen molar-refractivity contribution < 1.29 is 0 Å². The van der Waals surface area contributed by atoms with Crippen molar-refractivity contribution in [3.05, 3.63) is 24.2 Å². The molecule has 0 aliphatic carbocycles. The topological polar surface area (TPSA) is 38.1 Å². The molecule has 1 aliphatic heterocycles. The van der Waals surface area contributed by atoms with Crippen molar-refractivity contribution in [2.75, 3.05) is 0 Å². The number of hydrogen-bond donors (Lipinski definition) is 0. The molecule has 11 heavy (non-hydrogen) atoms. The molecule has 0 spiro atoms. The SMILES string of the molecule is C=Cc1ncnc2c1CC=N2. The standard InChI is InChI=1S/C8H7N3/c1-2-7-6-3-4-9-8(6)11-5-10-7/h2,4-5H,1,3H2. The second-order valence-corrected chi connectivity index (χ2v) is 2.28. The minimum Gasteiger partial charge on any atom is -0.241 e. The van der Waals surface area contributed by atoms with Crippen LogP contribution in [0.2, 0.25) is 0 Å². The molecule has 0 bridgehead atoms. The average Bonchev–Trinajstić information content (AvgIpc) is 2.50. The van der Waals surface area contributed by atoms with Crippen molar-refractivity contribution in [1.29, 1.82) is 0 Å². The van der Waals surface area contributed by atoms with Crippen LogP contribution in [0.15, 0.2) is 17.9 Å². The Labute approximate surface area is 64.5 Å². The van der Waals surface area contributed by atoms with Crippen LogP contribution >= 0.6 is 0 Å². The number of hydrogen-bond acceptors (Lipinski definition) is 3. The van der Waals surface area contributed by atoms with Crippen LogP contribution in [0.1, 0.15) is 11.3 Å². The molecule has 0 radical (unpaired) electrons. The Kier molecular flexibility index (Phi) is 1.28. The Morgan fingerprint density at radius 3 is 3.18 bits per heavy atom. The molecule has 0 N–H and O–H groups in total. The largest absolute Gasteiger partial charge is 0.241 e. The maximum atomic E-state index is 4.08. The van der Waals surface area contributed by atoms with Crippen molar-refractivity contribution in [1.82, 2.24) is 9.97 Å². The normalized spacial score (nSPS) is 13.1. The molecule has 0 saturated heterocycles. The average molecular weight is 145 g/mol. The van der Waals surface area contributed by atoms with Crippen LogP contribution in [-0.4, -0.2) is 16.2 Å². The quantitative estimate of drug-likeness (QED) is 0.598. The molecule has 0 amide bonds. The fraction of sp³-hybridized carbons (Fsp3) is 0.125.